The van der Waals surface area contributed by atoms with E-state index in [-0.39, 0.29) is 11.8 Å². The molecule has 76 heavy (non-hydrogen) atoms. The summed E-state index contributed by atoms with van der Waals surface area (Å²) in [5.74, 6) is 2.19. The molecule has 4 heteroatoms. The Kier molecular flexibility index (Phi) is 10.2. The predicted molar refractivity (Wildman–Crippen MR) is 310 cm³/mol. The van der Waals surface area contributed by atoms with Gasteiger partial charge in [-0.15, -0.1) is 0 Å². The fraction of sp³-hybridized carbons (Fsp3) is 0.0694. The van der Waals surface area contributed by atoms with Gasteiger partial charge in [-0.3, -0.25) is 0 Å². The Morgan fingerprint density at radius 2 is 0.974 bits per heavy atom. The lowest BCUT2D eigenvalue weighted by Gasteiger charge is -2.42. The Labute approximate surface area is 441 Å². The molecule has 4 nitrogen and oxygen atoms in total. The van der Waals surface area contributed by atoms with Crippen LogP contribution in [0.4, 0.5) is 0 Å². The van der Waals surface area contributed by atoms with Gasteiger partial charge in [0.2, 0.25) is 0 Å². The second-order valence-corrected chi connectivity index (χ2v) is 20.6. The molecule has 0 fully saturated rings. The first-order valence-corrected chi connectivity index (χ1v) is 26.4. The molecule has 13 aromatic rings. The summed E-state index contributed by atoms with van der Waals surface area (Å²) in [5, 5.41) is 4.65. The molecule has 3 unspecified atom stereocenters. The maximum absolute atomic E-state index is 6.51. The molecule has 3 atom stereocenters. The maximum Gasteiger partial charge on any atom is 0.167 e. The highest BCUT2D eigenvalue weighted by molar-refractivity contribution is 6.09. The summed E-state index contributed by atoms with van der Waals surface area (Å²) < 4.78 is 6.51. The topological polar surface area (TPSA) is 51.8 Å². The summed E-state index contributed by atoms with van der Waals surface area (Å²) in [6, 6.07) is 92.9. The van der Waals surface area contributed by atoms with E-state index >= 15 is 0 Å². The van der Waals surface area contributed by atoms with Gasteiger partial charge in [0.25, 0.3) is 0 Å². The average molecular weight is 972 g/mol. The molecule has 2 heterocycles. The van der Waals surface area contributed by atoms with E-state index in [1.165, 1.54) is 66.4 Å². The molecule has 2 aromatic heterocycles. The van der Waals surface area contributed by atoms with Crippen LogP contribution in [0.2, 0.25) is 0 Å². The summed E-state index contributed by atoms with van der Waals surface area (Å²) in [4.78, 5) is 15.5. The second-order valence-electron chi connectivity index (χ2n) is 20.6. The van der Waals surface area contributed by atoms with E-state index in [4.69, 9.17) is 19.4 Å². The van der Waals surface area contributed by atoms with Crippen LogP contribution in [0.5, 0.6) is 0 Å². The van der Waals surface area contributed by atoms with Crippen molar-refractivity contribution in [2.24, 2.45) is 0 Å². The summed E-state index contributed by atoms with van der Waals surface area (Å²) in [6.45, 7) is 2.47. The fourth-order valence-corrected chi connectivity index (χ4v) is 13.0. The first-order valence-electron chi connectivity index (χ1n) is 26.4. The average Bonchev–Trinajstić information content (AvgIpc) is 4.25. The van der Waals surface area contributed by atoms with Crippen molar-refractivity contribution >= 4 is 32.7 Å². The Bertz CT molecular complexity index is 4420. The Morgan fingerprint density at radius 3 is 1.79 bits per heavy atom. The van der Waals surface area contributed by atoms with Crippen LogP contribution in [-0.4, -0.2) is 15.0 Å². The lowest BCUT2D eigenvalue weighted by molar-refractivity contribution is 0.544. The molecule has 358 valence electrons. The number of hydrogen-bond acceptors (Lipinski definition) is 4. The van der Waals surface area contributed by atoms with Crippen molar-refractivity contribution in [3.05, 3.63) is 294 Å². The predicted octanol–water partition coefficient (Wildman–Crippen LogP) is 18.1. The molecule has 0 saturated carbocycles. The van der Waals surface area contributed by atoms with Crippen molar-refractivity contribution in [1.82, 2.24) is 15.0 Å². The molecule has 2 aliphatic carbocycles. The van der Waals surface area contributed by atoms with Crippen molar-refractivity contribution in [3.8, 4) is 67.5 Å². The van der Waals surface area contributed by atoms with Gasteiger partial charge in [-0.2, -0.15) is 0 Å². The van der Waals surface area contributed by atoms with Crippen molar-refractivity contribution in [1.29, 1.82) is 0 Å². The third-order valence-corrected chi connectivity index (χ3v) is 16.5. The molecular formula is C72H49N3O. The molecule has 0 saturated heterocycles. The van der Waals surface area contributed by atoms with E-state index in [1.54, 1.807) is 0 Å². The number of para-hydroxylation sites is 2. The molecule has 0 radical (unpaired) electrons. The van der Waals surface area contributed by atoms with Crippen LogP contribution >= 0.6 is 0 Å². The van der Waals surface area contributed by atoms with Gasteiger partial charge in [-0.25, -0.2) is 15.0 Å². The standard InChI is InChI=1S/C72H49N3O/c1-45-61(46-19-4-2-5-20-46)44-53-24-9-13-34-63(53)72(64-35-14-11-30-56(64)58-39-37-47-21-8-10-29-55(47)67(58)72)65-40-38-52(43-62(45)65)50-26-16-25-49(41-50)51-27-17-28-54(42-51)70-73-69(48-22-6-3-7-23-48)74-71(75-70)60-33-18-32-59-57-31-12-15-36-66(57)76-68(59)60/h2-43,45,61H,44H2,1H3. The van der Waals surface area contributed by atoms with Crippen molar-refractivity contribution < 1.29 is 4.42 Å². The highest BCUT2D eigenvalue weighted by Gasteiger charge is 2.50. The third-order valence-electron chi connectivity index (χ3n) is 16.5. The smallest absolute Gasteiger partial charge is 0.167 e. The molecule has 0 N–H and O–H groups in total. The lowest BCUT2D eigenvalue weighted by Crippen LogP contribution is -2.34. The van der Waals surface area contributed by atoms with Gasteiger partial charge in [0.15, 0.2) is 17.5 Å². The van der Waals surface area contributed by atoms with Crippen LogP contribution in [0.1, 0.15) is 57.7 Å². The first kappa shape index (κ1) is 44.0. The van der Waals surface area contributed by atoms with Crippen LogP contribution < -0.4 is 0 Å². The lowest BCUT2D eigenvalue weighted by atomic mass is 9.60. The van der Waals surface area contributed by atoms with Crippen molar-refractivity contribution in [2.45, 2.75) is 30.6 Å². The minimum absolute atomic E-state index is 0.179. The van der Waals surface area contributed by atoms with Gasteiger partial charge in [-0.05, 0) is 126 Å². The van der Waals surface area contributed by atoms with Crippen molar-refractivity contribution in [2.75, 3.05) is 0 Å². The van der Waals surface area contributed by atoms with Crippen LogP contribution in [0.3, 0.4) is 0 Å². The van der Waals surface area contributed by atoms with E-state index in [1.807, 2.05) is 54.6 Å². The zero-order valence-electron chi connectivity index (χ0n) is 41.9. The molecule has 2 aliphatic rings. The molecule has 0 amide bonds. The molecule has 15 rings (SSSR count). The van der Waals surface area contributed by atoms with Gasteiger partial charge in [0.05, 0.1) is 11.0 Å². The van der Waals surface area contributed by atoms with E-state index in [9.17, 15) is 0 Å². The van der Waals surface area contributed by atoms with E-state index < -0.39 is 5.41 Å². The summed E-state index contributed by atoms with van der Waals surface area (Å²) in [6.07, 6.45) is 0.923. The van der Waals surface area contributed by atoms with Crippen LogP contribution in [0.15, 0.2) is 259 Å². The molecule has 0 bridgehead atoms. The van der Waals surface area contributed by atoms with Gasteiger partial charge in [0.1, 0.15) is 11.2 Å². The van der Waals surface area contributed by atoms with Gasteiger partial charge in [-0.1, -0.05) is 237 Å². The number of nitrogens with zero attached hydrogens (tertiary/aromatic N) is 3. The highest BCUT2D eigenvalue weighted by Crippen LogP contribution is 2.61. The fourth-order valence-electron chi connectivity index (χ4n) is 13.0. The minimum Gasteiger partial charge on any atom is -0.455 e. The monoisotopic (exact) mass is 971 g/mol. The second kappa shape index (κ2) is 17.6. The van der Waals surface area contributed by atoms with Crippen LogP contribution in [-0.2, 0) is 11.8 Å². The Hall–Kier alpha value is -9.51. The molecule has 0 aliphatic heterocycles. The van der Waals surface area contributed by atoms with E-state index in [0.29, 0.717) is 17.5 Å². The zero-order chi connectivity index (χ0) is 50.3. The Morgan fingerprint density at radius 1 is 0.395 bits per heavy atom. The molecular weight excluding hydrogens is 923 g/mol. The van der Waals surface area contributed by atoms with E-state index in [2.05, 4.69) is 207 Å². The summed E-state index contributed by atoms with van der Waals surface area (Å²) in [5.41, 5.74) is 20.4. The number of benzene rings is 11. The quantitative estimate of drug-likeness (QED) is 0.167. The minimum atomic E-state index is -0.552. The molecule has 1 spiro atoms. The number of hydrogen-bond donors (Lipinski definition) is 0. The van der Waals surface area contributed by atoms with Gasteiger partial charge >= 0.3 is 0 Å². The van der Waals surface area contributed by atoms with E-state index in [0.717, 1.165) is 61.7 Å². The number of rotatable bonds is 6. The third kappa shape index (κ3) is 6.87. The highest BCUT2D eigenvalue weighted by atomic mass is 16.3. The SMILES string of the molecule is CC1c2cc(-c3cccc(-c4cccc(-c5nc(-c6ccccc6)nc(-c6cccc7c6oc6ccccc67)n5)c4)c3)ccc2C2(c3ccccc3CC1c1ccccc1)c1ccccc1-c1ccc3ccccc3c12. The van der Waals surface area contributed by atoms with Gasteiger partial charge < -0.3 is 4.42 Å². The summed E-state index contributed by atoms with van der Waals surface area (Å²) >= 11 is 0. The van der Waals surface area contributed by atoms with Crippen molar-refractivity contribution in [3.63, 3.8) is 0 Å². The Balaban J connectivity index is 0.889. The normalized spacial score (nSPS) is 16.5. The van der Waals surface area contributed by atoms with Crippen LogP contribution in [0, 0.1) is 0 Å². The molecule has 11 aromatic carbocycles. The summed E-state index contributed by atoms with van der Waals surface area (Å²) in [7, 11) is 0. The van der Waals surface area contributed by atoms with Crippen LogP contribution in [0.25, 0.3) is 100 Å². The first-order chi connectivity index (χ1) is 37.6. The number of aromatic nitrogens is 3. The number of fused-ring (bicyclic) bond motifs is 14. The largest absolute Gasteiger partial charge is 0.455 e. The van der Waals surface area contributed by atoms with Gasteiger partial charge in [0, 0.05) is 21.9 Å². The maximum atomic E-state index is 6.51. The zero-order valence-corrected chi connectivity index (χ0v) is 41.9. The number of furan rings is 1.